The fourth-order valence-corrected chi connectivity index (χ4v) is 3.56. The number of phenolic OH excluding ortho intramolecular Hbond substituents is 2. The van der Waals surface area contributed by atoms with Crippen molar-refractivity contribution in [1.29, 1.82) is 0 Å². The molecule has 0 aromatic heterocycles. The summed E-state index contributed by atoms with van der Waals surface area (Å²) < 4.78 is 0. The van der Waals surface area contributed by atoms with Crippen LogP contribution >= 0.6 is 0 Å². The smallest absolute Gasteiger partial charge is 0.255 e. The van der Waals surface area contributed by atoms with Crippen molar-refractivity contribution in [2.75, 3.05) is 16.0 Å². The van der Waals surface area contributed by atoms with Crippen LogP contribution in [-0.4, -0.2) is 22.0 Å². The lowest BCUT2D eigenvalue weighted by Gasteiger charge is -2.14. The van der Waals surface area contributed by atoms with Gasteiger partial charge in [-0.1, -0.05) is 35.4 Å². The average Bonchev–Trinajstić information content (AvgIpc) is 2.83. The molecule has 0 radical (unpaired) electrons. The van der Waals surface area contributed by atoms with E-state index in [2.05, 4.69) is 16.0 Å². The molecule has 2 amide bonds. The summed E-state index contributed by atoms with van der Waals surface area (Å²) in [6, 6.07) is 23.7. The molecule has 7 heteroatoms. The zero-order valence-electron chi connectivity index (χ0n) is 19.3. The lowest BCUT2D eigenvalue weighted by atomic mass is 10.1. The van der Waals surface area contributed by atoms with Gasteiger partial charge in [-0.15, -0.1) is 0 Å². The Morgan fingerprint density at radius 2 is 1.03 bits per heavy atom. The molecule has 0 spiro atoms. The quantitative estimate of drug-likeness (QED) is 0.177. The van der Waals surface area contributed by atoms with Crippen molar-refractivity contribution in [3.63, 3.8) is 0 Å². The number of aromatic hydroxyl groups is 2. The third kappa shape index (κ3) is 5.78. The first-order valence-electron chi connectivity index (χ1n) is 11.0. The number of aryl methyl sites for hydroxylation is 2. The molecule has 0 saturated heterocycles. The second kappa shape index (κ2) is 10.0. The first-order chi connectivity index (χ1) is 16.8. The molecular formula is C28H25N3O4. The highest BCUT2D eigenvalue weighted by atomic mass is 16.3. The van der Waals surface area contributed by atoms with E-state index in [0.29, 0.717) is 22.5 Å². The molecule has 0 bridgehead atoms. The number of amides is 2. The zero-order valence-corrected chi connectivity index (χ0v) is 19.3. The minimum atomic E-state index is -0.341. The third-order valence-corrected chi connectivity index (χ3v) is 5.34. The van der Waals surface area contributed by atoms with Crippen LogP contribution in [0.1, 0.15) is 31.8 Å². The Kier molecular flexibility index (Phi) is 6.69. The predicted octanol–water partition coefficient (Wildman–Crippen LogP) is 5.96. The molecule has 0 atom stereocenters. The summed E-state index contributed by atoms with van der Waals surface area (Å²) in [7, 11) is 0. The van der Waals surface area contributed by atoms with E-state index in [4.69, 9.17) is 0 Å². The maximum absolute atomic E-state index is 12.6. The Bertz CT molecular complexity index is 1310. The Morgan fingerprint density at radius 1 is 0.600 bits per heavy atom. The highest BCUT2D eigenvalue weighted by Gasteiger charge is 2.12. The maximum Gasteiger partial charge on any atom is 0.255 e. The largest absolute Gasteiger partial charge is 0.506 e. The summed E-state index contributed by atoms with van der Waals surface area (Å²) in [6.07, 6.45) is 0. The van der Waals surface area contributed by atoms with E-state index in [-0.39, 0.29) is 34.7 Å². The number of hydrogen-bond donors (Lipinski definition) is 5. The van der Waals surface area contributed by atoms with Gasteiger partial charge in [-0.2, -0.15) is 0 Å². The molecule has 0 aliphatic carbocycles. The summed E-state index contributed by atoms with van der Waals surface area (Å²) in [5.41, 5.74) is 4.53. The standard InChI is InChI=1S/C28H25N3O4/c1-17-5-3-7-19(13-17)27(34)30-23-15-21(9-11-25(23)32)29-22-10-12-26(33)24(16-22)31-28(35)20-8-4-6-18(2)14-20/h3-16,29,32-33H,1-2H3,(H,30,34)(H,31,35). The van der Waals surface area contributed by atoms with Gasteiger partial charge >= 0.3 is 0 Å². The average molecular weight is 468 g/mol. The summed E-state index contributed by atoms with van der Waals surface area (Å²) in [5.74, 6) is -0.833. The van der Waals surface area contributed by atoms with Crippen molar-refractivity contribution in [1.82, 2.24) is 0 Å². The van der Waals surface area contributed by atoms with Crippen LogP contribution in [0.25, 0.3) is 0 Å². The molecule has 0 saturated carbocycles. The molecular weight excluding hydrogens is 442 g/mol. The number of rotatable bonds is 6. The maximum atomic E-state index is 12.6. The van der Waals surface area contributed by atoms with Gasteiger partial charge in [-0.3, -0.25) is 9.59 Å². The molecule has 35 heavy (non-hydrogen) atoms. The van der Waals surface area contributed by atoms with E-state index in [1.165, 1.54) is 12.1 Å². The van der Waals surface area contributed by atoms with Crippen LogP contribution in [0.2, 0.25) is 0 Å². The molecule has 7 nitrogen and oxygen atoms in total. The van der Waals surface area contributed by atoms with Crippen LogP contribution in [-0.2, 0) is 0 Å². The van der Waals surface area contributed by atoms with Crippen molar-refractivity contribution >= 4 is 34.6 Å². The molecule has 4 aromatic carbocycles. The van der Waals surface area contributed by atoms with Gasteiger partial charge in [0.15, 0.2) is 0 Å². The first-order valence-corrected chi connectivity index (χ1v) is 11.0. The lowest BCUT2D eigenvalue weighted by Crippen LogP contribution is -2.12. The van der Waals surface area contributed by atoms with E-state index in [9.17, 15) is 19.8 Å². The highest BCUT2D eigenvalue weighted by molar-refractivity contribution is 6.06. The number of carbonyl (C=O) groups excluding carboxylic acids is 2. The molecule has 4 rings (SSSR count). The minimum absolute atomic E-state index is 0.0756. The van der Waals surface area contributed by atoms with Gasteiger partial charge in [-0.25, -0.2) is 0 Å². The minimum Gasteiger partial charge on any atom is -0.506 e. The second-order valence-electron chi connectivity index (χ2n) is 8.24. The van der Waals surface area contributed by atoms with E-state index >= 15 is 0 Å². The fraction of sp³-hybridized carbons (Fsp3) is 0.0714. The van der Waals surface area contributed by atoms with Gasteiger partial charge in [0.05, 0.1) is 11.4 Å². The van der Waals surface area contributed by atoms with Gasteiger partial charge in [-0.05, 0) is 74.5 Å². The molecule has 4 aromatic rings. The SMILES string of the molecule is Cc1cccc(C(=O)Nc2cc(Nc3ccc(O)c(NC(=O)c4cccc(C)c4)c3)ccc2O)c1. The number of anilines is 4. The number of hydrogen-bond acceptors (Lipinski definition) is 5. The third-order valence-electron chi connectivity index (χ3n) is 5.34. The number of benzene rings is 4. The van der Waals surface area contributed by atoms with Crippen molar-refractivity contribution in [2.24, 2.45) is 0 Å². The summed E-state index contributed by atoms with van der Waals surface area (Å²) in [5, 5.41) is 29.1. The van der Waals surface area contributed by atoms with Crippen LogP contribution in [0.4, 0.5) is 22.7 Å². The van der Waals surface area contributed by atoms with Gasteiger partial charge in [0.2, 0.25) is 0 Å². The second-order valence-corrected chi connectivity index (χ2v) is 8.24. The topological polar surface area (TPSA) is 111 Å². The number of nitrogens with one attached hydrogen (secondary N) is 3. The first kappa shape index (κ1) is 23.4. The van der Waals surface area contributed by atoms with Crippen LogP contribution in [0.15, 0.2) is 84.9 Å². The lowest BCUT2D eigenvalue weighted by molar-refractivity contribution is 0.101. The molecule has 176 valence electrons. The monoisotopic (exact) mass is 467 g/mol. The van der Waals surface area contributed by atoms with Crippen LogP contribution in [0, 0.1) is 13.8 Å². The molecule has 0 fully saturated rings. The van der Waals surface area contributed by atoms with Crippen LogP contribution < -0.4 is 16.0 Å². The van der Waals surface area contributed by atoms with Crippen molar-refractivity contribution in [3.8, 4) is 11.5 Å². The molecule has 0 heterocycles. The van der Waals surface area contributed by atoms with Gasteiger partial charge in [0, 0.05) is 22.5 Å². The Balaban J connectivity index is 1.51. The summed E-state index contributed by atoms with van der Waals surface area (Å²) in [6.45, 7) is 3.79. The van der Waals surface area contributed by atoms with Gasteiger partial charge in [0.1, 0.15) is 11.5 Å². The molecule has 0 aliphatic rings. The van der Waals surface area contributed by atoms with Crippen molar-refractivity contribution < 1.29 is 19.8 Å². The zero-order chi connectivity index (χ0) is 24.9. The van der Waals surface area contributed by atoms with Crippen molar-refractivity contribution in [3.05, 3.63) is 107 Å². The van der Waals surface area contributed by atoms with E-state index in [1.54, 1.807) is 60.7 Å². The van der Waals surface area contributed by atoms with Crippen LogP contribution in [0.5, 0.6) is 11.5 Å². The Morgan fingerprint density at radius 3 is 1.43 bits per heavy atom. The summed E-state index contributed by atoms with van der Waals surface area (Å²) in [4.78, 5) is 25.2. The fourth-order valence-electron chi connectivity index (χ4n) is 3.56. The molecule has 0 unspecified atom stereocenters. The molecule has 0 aliphatic heterocycles. The highest BCUT2D eigenvalue weighted by Crippen LogP contribution is 2.32. The van der Waals surface area contributed by atoms with Gasteiger partial charge < -0.3 is 26.2 Å². The van der Waals surface area contributed by atoms with E-state index in [1.807, 2.05) is 26.0 Å². The Labute approximate surface area is 203 Å². The van der Waals surface area contributed by atoms with Crippen molar-refractivity contribution in [2.45, 2.75) is 13.8 Å². The van der Waals surface area contributed by atoms with E-state index in [0.717, 1.165) is 11.1 Å². The van der Waals surface area contributed by atoms with Crippen LogP contribution in [0.3, 0.4) is 0 Å². The number of phenols is 2. The van der Waals surface area contributed by atoms with E-state index < -0.39 is 0 Å². The summed E-state index contributed by atoms with van der Waals surface area (Å²) >= 11 is 0. The normalized spacial score (nSPS) is 10.5. The predicted molar refractivity (Wildman–Crippen MR) is 138 cm³/mol. The van der Waals surface area contributed by atoms with Gasteiger partial charge in [0.25, 0.3) is 11.8 Å². The Hall–Kier alpha value is -4.78. The molecule has 5 N–H and O–H groups in total. The number of carbonyl (C=O) groups is 2.